The molecule has 6 nitrogen and oxygen atoms in total. The van der Waals surface area contributed by atoms with Crippen LogP contribution in [0.1, 0.15) is 37.7 Å². The second-order valence-corrected chi connectivity index (χ2v) is 10.3. The van der Waals surface area contributed by atoms with Crippen molar-refractivity contribution >= 4 is 51.9 Å². The second kappa shape index (κ2) is 11.1. The van der Waals surface area contributed by atoms with Gasteiger partial charge >= 0.3 is 5.97 Å². The number of aryl methyl sites for hydroxylation is 1. The van der Waals surface area contributed by atoms with Crippen LogP contribution in [0.15, 0.2) is 68.4 Å². The summed E-state index contributed by atoms with van der Waals surface area (Å²) in [5.41, 5.74) is 3.09. The van der Waals surface area contributed by atoms with E-state index in [1.54, 1.807) is 16.7 Å². The fourth-order valence-corrected chi connectivity index (χ4v) is 6.19. The molecule has 0 saturated carbocycles. The third-order valence-corrected chi connectivity index (χ3v) is 8.20. The van der Waals surface area contributed by atoms with E-state index in [4.69, 9.17) is 4.99 Å². The largest absolute Gasteiger partial charge is 0.469 e. The number of unbranched alkanes of at least 4 members (excludes halogenated alkanes) is 3. The summed E-state index contributed by atoms with van der Waals surface area (Å²) in [6.45, 7) is 2.68. The molecule has 2 heterocycles. The number of carbonyl (C=O) groups is 2. The molecule has 0 spiro atoms. The topological polar surface area (TPSA) is 62.2 Å². The van der Waals surface area contributed by atoms with Crippen LogP contribution in [0.5, 0.6) is 0 Å². The van der Waals surface area contributed by atoms with Crippen LogP contribution in [-0.2, 0) is 14.3 Å². The number of thioether (sulfide) groups is 2. The minimum absolute atomic E-state index is 0.0344. The maximum Gasteiger partial charge on any atom is 0.305 e. The summed E-state index contributed by atoms with van der Waals surface area (Å²) >= 11 is 3.09. The fraction of sp³-hybridized carbons (Fsp3) is 0.346. The van der Waals surface area contributed by atoms with Crippen LogP contribution in [0.4, 0.5) is 11.4 Å². The molecular formula is C26H29N3O3S2. The number of ether oxygens (including phenoxy) is 1. The summed E-state index contributed by atoms with van der Waals surface area (Å²) in [6, 6.07) is 16.2. The van der Waals surface area contributed by atoms with Gasteiger partial charge < -0.3 is 9.64 Å². The number of rotatable bonds is 8. The van der Waals surface area contributed by atoms with E-state index >= 15 is 0 Å². The lowest BCUT2D eigenvalue weighted by molar-refractivity contribution is -0.140. The second-order valence-electron chi connectivity index (χ2n) is 8.25. The van der Waals surface area contributed by atoms with Crippen molar-refractivity contribution in [2.24, 2.45) is 4.99 Å². The highest BCUT2D eigenvalue weighted by molar-refractivity contribution is 8.20. The molecule has 0 radical (unpaired) electrons. The van der Waals surface area contributed by atoms with E-state index in [1.165, 1.54) is 18.9 Å². The minimum atomic E-state index is -0.160. The Bertz CT molecular complexity index is 1130. The number of fused-ring (bicyclic) bond motifs is 1. The fourth-order valence-electron chi connectivity index (χ4n) is 3.84. The molecule has 178 valence electrons. The zero-order valence-corrected chi connectivity index (χ0v) is 21.4. The first kappa shape index (κ1) is 24.4. The number of benzene rings is 2. The number of hydrogen-bond donors (Lipinski definition) is 0. The molecule has 2 aliphatic rings. The Morgan fingerprint density at radius 3 is 2.47 bits per heavy atom. The molecule has 0 bridgehead atoms. The Morgan fingerprint density at radius 2 is 1.74 bits per heavy atom. The van der Waals surface area contributed by atoms with Gasteiger partial charge in [0.15, 0.2) is 5.17 Å². The van der Waals surface area contributed by atoms with Crippen LogP contribution in [0, 0.1) is 6.92 Å². The third-order valence-electron chi connectivity index (χ3n) is 5.77. The van der Waals surface area contributed by atoms with Crippen LogP contribution >= 0.6 is 23.5 Å². The van der Waals surface area contributed by atoms with E-state index in [2.05, 4.69) is 21.8 Å². The average Bonchev–Trinajstić information content (AvgIpc) is 3.35. The van der Waals surface area contributed by atoms with Crippen molar-refractivity contribution < 1.29 is 14.3 Å². The molecular weight excluding hydrogens is 466 g/mol. The van der Waals surface area contributed by atoms with Gasteiger partial charge in [-0.1, -0.05) is 54.4 Å². The normalized spacial score (nSPS) is 18.7. The Hall–Kier alpha value is -2.71. The number of methoxy groups -OCH3 is 1. The summed E-state index contributed by atoms with van der Waals surface area (Å²) < 4.78 is 4.69. The lowest BCUT2D eigenvalue weighted by Gasteiger charge is -2.17. The van der Waals surface area contributed by atoms with E-state index in [9.17, 15) is 9.59 Å². The molecule has 0 aromatic heterocycles. The zero-order chi connectivity index (χ0) is 24.1. The highest BCUT2D eigenvalue weighted by Crippen LogP contribution is 2.50. The Kier molecular flexibility index (Phi) is 8.00. The van der Waals surface area contributed by atoms with E-state index < -0.39 is 0 Å². The standard InChI is InChI=1S/C26H29N3O3S2/c1-18-13-15-19(16-14-18)29-24(31)23(25-28(2)20-10-7-8-11-21(20)33-25)34-26(29)27-17-9-5-4-6-12-22(30)32-3/h7-8,10-11,13-16H,4-6,9,12,17H2,1-3H3/b25-23-,27-26?. The summed E-state index contributed by atoms with van der Waals surface area (Å²) in [7, 11) is 3.43. The van der Waals surface area contributed by atoms with Gasteiger partial charge in [-0.2, -0.15) is 0 Å². The van der Waals surface area contributed by atoms with Crippen LogP contribution in [-0.4, -0.2) is 37.7 Å². The number of esters is 1. The van der Waals surface area contributed by atoms with Gasteiger partial charge in [-0.15, -0.1) is 0 Å². The van der Waals surface area contributed by atoms with Crippen LogP contribution in [0.2, 0.25) is 0 Å². The first-order valence-electron chi connectivity index (χ1n) is 11.4. The minimum Gasteiger partial charge on any atom is -0.469 e. The van der Waals surface area contributed by atoms with Crippen molar-refractivity contribution in [1.29, 1.82) is 0 Å². The number of nitrogens with zero attached hydrogens (tertiary/aromatic N) is 3. The van der Waals surface area contributed by atoms with Crippen molar-refractivity contribution in [2.45, 2.75) is 43.9 Å². The average molecular weight is 496 g/mol. The number of carbonyl (C=O) groups excluding carboxylic acids is 2. The van der Waals surface area contributed by atoms with Gasteiger partial charge in [-0.3, -0.25) is 19.5 Å². The molecule has 4 rings (SSSR count). The SMILES string of the molecule is COC(=O)CCCCCCN=C1S/C(=C2\Sc3ccccc3N2C)C(=O)N1c1ccc(C)cc1. The molecule has 34 heavy (non-hydrogen) atoms. The summed E-state index contributed by atoms with van der Waals surface area (Å²) in [5, 5.41) is 1.66. The molecule has 0 unspecified atom stereocenters. The third kappa shape index (κ3) is 5.33. The van der Waals surface area contributed by atoms with Gasteiger partial charge in [0.05, 0.1) is 23.5 Å². The number of para-hydroxylation sites is 1. The summed E-state index contributed by atoms with van der Waals surface area (Å²) in [6.07, 6.45) is 4.14. The first-order chi connectivity index (χ1) is 16.5. The van der Waals surface area contributed by atoms with Crippen molar-refractivity contribution in [2.75, 3.05) is 30.5 Å². The van der Waals surface area contributed by atoms with Gasteiger partial charge in [0.1, 0.15) is 4.91 Å². The van der Waals surface area contributed by atoms with Gasteiger partial charge in [0, 0.05) is 24.9 Å². The van der Waals surface area contributed by atoms with Crippen molar-refractivity contribution in [3.63, 3.8) is 0 Å². The highest BCUT2D eigenvalue weighted by atomic mass is 32.2. The monoisotopic (exact) mass is 495 g/mol. The maximum atomic E-state index is 13.6. The molecule has 1 fully saturated rings. The van der Waals surface area contributed by atoms with Crippen molar-refractivity contribution in [1.82, 2.24) is 0 Å². The predicted octanol–water partition coefficient (Wildman–Crippen LogP) is 5.97. The van der Waals surface area contributed by atoms with Crippen LogP contribution in [0.25, 0.3) is 0 Å². The lowest BCUT2D eigenvalue weighted by Crippen LogP contribution is -2.29. The Morgan fingerprint density at radius 1 is 1.00 bits per heavy atom. The predicted molar refractivity (Wildman–Crippen MR) is 141 cm³/mol. The number of anilines is 2. The molecule has 2 aromatic carbocycles. The van der Waals surface area contributed by atoms with E-state index in [0.717, 1.165) is 57.7 Å². The Labute approximate surface area is 209 Å². The summed E-state index contributed by atoms with van der Waals surface area (Å²) in [5.74, 6) is -0.194. The molecule has 2 aliphatic heterocycles. The molecule has 0 atom stereocenters. The van der Waals surface area contributed by atoms with Gasteiger partial charge in [0.25, 0.3) is 5.91 Å². The molecule has 2 aromatic rings. The van der Waals surface area contributed by atoms with Crippen LogP contribution in [0.3, 0.4) is 0 Å². The van der Waals surface area contributed by atoms with Gasteiger partial charge in [0.2, 0.25) is 0 Å². The van der Waals surface area contributed by atoms with Crippen molar-refractivity contribution in [3.05, 3.63) is 64.0 Å². The molecule has 1 saturated heterocycles. The maximum absolute atomic E-state index is 13.6. The summed E-state index contributed by atoms with van der Waals surface area (Å²) in [4.78, 5) is 35.4. The van der Waals surface area contributed by atoms with E-state index in [1.807, 2.05) is 50.4 Å². The quantitative estimate of drug-likeness (QED) is 0.256. The lowest BCUT2D eigenvalue weighted by atomic mass is 10.1. The molecule has 0 aliphatic carbocycles. The molecule has 0 N–H and O–H groups in total. The van der Waals surface area contributed by atoms with E-state index in [-0.39, 0.29) is 11.9 Å². The van der Waals surface area contributed by atoms with Crippen LogP contribution < -0.4 is 9.80 Å². The highest BCUT2D eigenvalue weighted by Gasteiger charge is 2.39. The van der Waals surface area contributed by atoms with Gasteiger partial charge in [-0.05, 0) is 55.8 Å². The smallest absolute Gasteiger partial charge is 0.305 e. The van der Waals surface area contributed by atoms with E-state index in [0.29, 0.717) is 17.9 Å². The Balaban J connectivity index is 1.51. The molecule has 8 heteroatoms. The zero-order valence-electron chi connectivity index (χ0n) is 19.7. The van der Waals surface area contributed by atoms with Gasteiger partial charge in [-0.25, -0.2) is 0 Å². The first-order valence-corrected chi connectivity index (χ1v) is 13.1. The number of hydrogen-bond acceptors (Lipinski definition) is 7. The molecule has 1 amide bonds. The number of aliphatic imine (C=N–C) groups is 1. The van der Waals surface area contributed by atoms with Crippen molar-refractivity contribution in [3.8, 4) is 0 Å². The number of amides is 1. The number of amidine groups is 1.